The van der Waals surface area contributed by atoms with Crippen molar-refractivity contribution in [3.05, 3.63) is 28.8 Å². The van der Waals surface area contributed by atoms with Crippen LogP contribution >= 0.6 is 11.6 Å². The Hall–Kier alpha value is -1.10. The molecule has 0 saturated carbocycles. The number of halogens is 1. The Balaban J connectivity index is 1.72. The van der Waals surface area contributed by atoms with Crippen molar-refractivity contribution in [2.75, 3.05) is 32.1 Å². The van der Waals surface area contributed by atoms with Crippen LogP contribution in [0.15, 0.2) is 18.2 Å². The van der Waals surface area contributed by atoms with Gasteiger partial charge >= 0.3 is 0 Å². The van der Waals surface area contributed by atoms with Crippen molar-refractivity contribution >= 4 is 23.2 Å². The van der Waals surface area contributed by atoms with E-state index in [2.05, 4.69) is 5.32 Å². The van der Waals surface area contributed by atoms with Crippen LogP contribution in [-0.2, 0) is 9.53 Å². The maximum absolute atomic E-state index is 12.1. The zero-order chi connectivity index (χ0) is 15.9. The molecule has 1 saturated heterocycles. The van der Waals surface area contributed by atoms with E-state index in [0.29, 0.717) is 17.7 Å². The molecule has 1 heterocycles. The molecule has 1 aliphatic heterocycles. The monoisotopic (exact) mass is 324 g/mol. The van der Waals surface area contributed by atoms with Gasteiger partial charge in [-0.3, -0.25) is 9.69 Å². The molecule has 0 radical (unpaired) electrons. The lowest BCUT2D eigenvalue weighted by Crippen LogP contribution is -2.33. The fourth-order valence-electron chi connectivity index (χ4n) is 2.65. The molecule has 1 amide bonds. The van der Waals surface area contributed by atoms with Crippen molar-refractivity contribution in [3.63, 3.8) is 0 Å². The number of likely N-dealkylation sites (N-methyl/N-ethyl adjacent to an activating group) is 1. The molecule has 4 nitrogen and oxygen atoms in total. The third kappa shape index (κ3) is 5.59. The molecule has 1 aliphatic rings. The predicted molar refractivity (Wildman–Crippen MR) is 90.5 cm³/mol. The minimum absolute atomic E-state index is 0.00575. The fraction of sp³-hybridized carbons (Fsp3) is 0.588. The number of benzene rings is 1. The number of hydrogen-bond acceptors (Lipinski definition) is 3. The molecule has 0 aliphatic carbocycles. The van der Waals surface area contributed by atoms with Crippen molar-refractivity contribution < 1.29 is 9.53 Å². The highest BCUT2D eigenvalue weighted by Crippen LogP contribution is 2.19. The maximum Gasteiger partial charge on any atom is 0.238 e. The Bertz CT molecular complexity index is 501. The second kappa shape index (κ2) is 8.51. The Morgan fingerprint density at radius 2 is 2.27 bits per heavy atom. The molecule has 2 rings (SSSR count). The average molecular weight is 325 g/mol. The van der Waals surface area contributed by atoms with E-state index in [-0.39, 0.29) is 5.91 Å². The summed E-state index contributed by atoms with van der Waals surface area (Å²) in [6, 6.07) is 5.51. The lowest BCUT2D eigenvalue weighted by molar-refractivity contribution is -0.117. The van der Waals surface area contributed by atoms with E-state index < -0.39 is 0 Å². The van der Waals surface area contributed by atoms with Gasteiger partial charge in [0.05, 0.1) is 12.6 Å². The molecule has 1 unspecified atom stereocenters. The van der Waals surface area contributed by atoms with Crippen LogP contribution in [0.2, 0.25) is 5.02 Å². The normalized spacial score (nSPS) is 18.5. The largest absolute Gasteiger partial charge is 0.378 e. The van der Waals surface area contributed by atoms with Gasteiger partial charge in [-0.15, -0.1) is 0 Å². The van der Waals surface area contributed by atoms with Crippen LogP contribution in [0.25, 0.3) is 0 Å². The first kappa shape index (κ1) is 17.3. The van der Waals surface area contributed by atoms with Gasteiger partial charge in [-0.05, 0) is 63.4 Å². The van der Waals surface area contributed by atoms with Crippen molar-refractivity contribution in [2.24, 2.45) is 0 Å². The molecule has 1 aromatic carbocycles. The summed E-state index contributed by atoms with van der Waals surface area (Å²) in [5, 5.41) is 3.62. The zero-order valence-electron chi connectivity index (χ0n) is 13.4. The van der Waals surface area contributed by atoms with Crippen LogP contribution in [0.1, 0.15) is 31.2 Å². The molecule has 22 heavy (non-hydrogen) atoms. The van der Waals surface area contributed by atoms with Gasteiger partial charge in [0.15, 0.2) is 0 Å². The quantitative estimate of drug-likeness (QED) is 0.871. The van der Waals surface area contributed by atoms with Gasteiger partial charge in [-0.25, -0.2) is 0 Å². The van der Waals surface area contributed by atoms with Crippen LogP contribution in [0.4, 0.5) is 5.69 Å². The van der Waals surface area contributed by atoms with Crippen molar-refractivity contribution in [1.29, 1.82) is 0 Å². The standard InChI is InChI=1S/C17H25ClN2O2/c1-13-11-14(6-7-16(13)18)19-17(21)12-20(2)9-8-15-5-3-4-10-22-15/h6-7,11,15H,3-5,8-10,12H2,1-2H3,(H,19,21). The zero-order valence-corrected chi connectivity index (χ0v) is 14.2. The highest BCUT2D eigenvalue weighted by Gasteiger charge is 2.15. The van der Waals surface area contributed by atoms with Crippen LogP contribution < -0.4 is 5.32 Å². The van der Waals surface area contributed by atoms with E-state index in [1.165, 1.54) is 12.8 Å². The SMILES string of the molecule is Cc1cc(NC(=O)CN(C)CCC2CCCCO2)ccc1Cl. The number of carbonyl (C=O) groups is 1. The molecule has 0 aromatic heterocycles. The number of anilines is 1. The second-order valence-electron chi connectivity index (χ2n) is 6.03. The lowest BCUT2D eigenvalue weighted by atomic mass is 10.1. The molecule has 5 heteroatoms. The molecule has 1 atom stereocenters. The van der Waals surface area contributed by atoms with Crippen LogP contribution in [0, 0.1) is 6.92 Å². The molecule has 1 fully saturated rings. The third-order valence-electron chi connectivity index (χ3n) is 3.96. The number of aryl methyl sites for hydroxylation is 1. The van der Waals surface area contributed by atoms with E-state index in [1.807, 2.05) is 31.0 Å². The van der Waals surface area contributed by atoms with Gasteiger partial charge in [0.1, 0.15) is 0 Å². The number of nitrogens with zero attached hydrogens (tertiary/aromatic N) is 1. The summed E-state index contributed by atoms with van der Waals surface area (Å²) in [4.78, 5) is 14.1. The first-order chi connectivity index (χ1) is 10.5. The van der Waals surface area contributed by atoms with Gasteiger partial charge in [0.25, 0.3) is 0 Å². The van der Waals surface area contributed by atoms with Gasteiger partial charge in [0, 0.05) is 23.9 Å². The number of carbonyl (C=O) groups excluding carboxylic acids is 1. The highest BCUT2D eigenvalue weighted by atomic mass is 35.5. The van der Waals surface area contributed by atoms with E-state index in [1.54, 1.807) is 6.07 Å². The Labute approximate surface area is 137 Å². The number of nitrogens with one attached hydrogen (secondary N) is 1. The Morgan fingerprint density at radius 3 is 2.95 bits per heavy atom. The Morgan fingerprint density at radius 1 is 1.45 bits per heavy atom. The van der Waals surface area contributed by atoms with Crippen LogP contribution in [0.3, 0.4) is 0 Å². The van der Waals surface area contributed by atoms with Gasteiger partial charge < -0.3 is 10.1 Å². The van der Waals surface area contributed by atoms with Crippen molar-refractivity contribution in [1.82, 2.24) is 4.90 Å². The van der Waals surface area contributed by atoms with E-state index in [4.69, 9.17) is 16.3 Å². The highest BCUT2D eigenvalue weighted by molar-refractivity contribution is 6.31. The first-order valence-electron chi connectivity index (χ1n) is 7.91. The molecule has 1 N–H and O–H groups in total. The topological polar surface area (TPSA) is 41.6 Å². The lowest BCUT2D eigenvalue weighted by Gasteiger charge is -2.25. The fourth-order valence-corrected chi connectivity index (χ4v) is 2.76. The summed E-state index contributed by atoms with van der Waals surface area (Å²) in [7, 11) is 1.97. The van der Waals surface area contributed by atoms with E-state index in [9.17, 15) is 4.79 Å². The molecule has 1 aromatic rings. The third-order valence-corrected chi connectivity index (χ3v) is 4.39. The molecule has 0 bridgehead atoms. The predicted octanol–water partition coefficient (Wildman–Crippen LogP) is 3.48. The summed E-state index contributed by atoms with van der Waals surface area (Å²) in [5.41, 5.74) is 1.75. The summed E-state index contributed by atoms with van der Waals surface area (Å²) >= 11 is 5.98. The van der Waals surface area contributed by atoms with Gasteiger partial charge in [-0.2, -0.15) is 0 Å². The first-order valence-corrected chi connectivity index (χ1v) is 8.28. The van der Waals surface area contributed by atoms with Crippen LogP contribution in [-0.4, -0.2) is 43.7 Å². The number of ether oxygens (including phenoxy) is 1. The molecular weight excluding hydrogens is 300 g/mol. The minimum Gasteiger partial charge on any atom is -0.378 e. The summed E-state index contributed by atoms with van der Waals surface area (Å²) in [6.07, 6.45) is 4.92. The van der Waals surface area contributed by atoms with E-state index in [0.717, 1.165) is 37.2 Å². The van der Waals surface area contributed by atoms with Crippen molar-refractivity contribution in [3.8, 4) is 0 Å². The average Bonchev–Trinajstić information content (AvgIpc) is 2.50. The number of rotatable bonds is 6. The molecule has 122 valence electrons. The maximum atomic E-state index is 12.1. The summed E-state index contributed by atoms with van der Waals surface area (Å²) in [6.45, 7) is 4.06. The second-order valence-corrected chi connectivity index (χ2v) is 6.43. The number of amides is 1. The van der Waals surface area contributed by atoms with Crippen LogP contribution in [0.5, 0.6) is 0 Å². The summed E-state index contributed by atoms with van der Waals surface area (Å²) in [5.74, 6) is -0.00575. The molecule has 0 spiro atoms. The van der Waals surface area contributed by atoms with E-state index >= 15 is 0 Å². The molecular formula is C17H25ClN2O2. The number of hydrogen-bond donors (Lipinski definition) is 1. The smallest absolute Gasteiger partial charge is 0.238 e. The van der Waals surface area contributed by atoms with Gasteiger partial charge in [-0.1, -0.05) is 11.6 Å². The minimum atomic E-state index is -0.00575. The van der Waals surface area contributed by atoms with Gasteiger partial charge in [0.2, 0.25) is 5.91 Å². The summed E-state index contributed by atoms with van der Waals surface area (Å²) < 4.78 is 5.71. The Kier molecular flexibility index (Phi) is 6.68. The van der Waals surface area contributed by atoms with Crippen molar-refractivity contribution in [2.45, 2.75) is 38.7 Å².